The van der Waals surface area contributed by atoms with Crippen LogP contribution in [-0.2, 0) is 6.54 Å². The lowest BCUT2D eigenvalue weighted by atomic mass is 10.00. The van der Waals surface area contributed by atoms with E-state index >= 15 is 0 Å². The molecule has 0 atom stereocenters. The normalized spacial score (nSPS) is 14.1. The van der Waals surface area contributed by atoms with Gasteiger partial charge in [-0.15, -0.1) is 0 Å². The van der Waals surface area contributed by atoms with Crippen LogP contribution >= 0.6 is 0 Å². The Bertz CT molecular complexity index is 2270. The van der Waals surface area contributed by atoms with Crippen molar-refractivity contribution in [3.63, 3.8) is 0 Å². The van der Waals surface area contributed by atoms with Crippen molar-refractivity contribution in [2.75, 3.05) is 13.1 Å². The molecule has 7 heteroatoms. The van der Waals surface area contributed by atoms with Crippen LogP contribution in [0.3, 0.4) is 0 Å². The fraction of sp³-hybridized carbons (Fsp3) is 0.150. The number of carbonyl (C=O) groups is 1. The summed E-state index contributed by atoms with van der Waals surface area (Å²) in [6, 6.07) is 41.7. The summed E-state index contributed by atoms with van der Waals surface area (Å²) in [5.41, 5.74) is 9.31. The third-order valence-corrected chi connectivity index (χ3v) is 9.19. The van der Waals surface area contributed by atoms with Gasteiger partial charge in [0.15, 0.2) is 5.78 Å². The summed E-state index contributed by atoms with van der Waals surface area (Å²) in [5.74, 6) is -0.0358. The number of aromatic nitrogens is 4. The molecule has 1 saturated heterocycles. The van der Waals surface area contributed by atoms with E-state index in [1.54, 1.807) is 0 Å². The molecule has 47 heavy (non-hydrogen) atoms. The topological polar surface area (TPSA) is 83.9 Å². The van der Waals surface area contributed by atoms with Crippen molar-refractivity contribution in [1.29, 1.82) is 0 Å². The van der Waals surface area contributed by atoms with Crippen LogP contribution in [0.1, 0.15) is 40.4 Å². The average Bonchev–Trinajstić information content (AvgIpc) is 3.47. The Kier molecular flexibility index (Phi) is 7.51. The van der Waals surface area contributed by atoms with Crippen molar-refractivity contribution >= 4 is 27.9 Å². The van der Waals surface area contributed by atoms with Crippen molar-refractivity contribution in [2.24, 2.45) is 0 Å². The molecule has 0 amide bonds. The second-order valence-electron chi connectivity index (χ2n) is 12.2. The van der Waals surface area contributed by atoms with Gasteiger partial charge in [-0.25, -0.2) is 14.8 Å². The average molecular weight is 616 g/mol. The van der Waals surface area contributed by atoms with E-state index < -0.39 is 0 Å². The van der Waals surface area contributed by atoms with Crippen LogP contribution in [0.4, 0.5) is 0 Å². The highest BCUT2D eigenvalue weighted by atomic mass is 16.1. The van der Waals surface area contributed by atoms with Crippen molar-refractivity contribution in [3.05, 3.63) is 155 Å². The highest BCUT2D eigenvalue weighted by Gasteiger charge is 2.24. The molecule has 1 fully saturated rings. The van der Waals surface area contributed by atoms with Gasteiger partial charge in [-0.2, -0.15) is 0 Å². The molecule has 0 aliphatic carbocycles. The fourth-order valence-electron chi connectivity index (χ4n) is 6.75. The summed E-state index contributed by atoms with van der Waals surface area (Å²) in [5, 5.41) is 0. The molecule has 1 aliphatic rings. The van der Waals surface area contributed by atoms with Crippen LogP contribution in [0.5, 0.6) is 0 Å². The van der Waals surface area contributed by atoms with E-state index in [0.29, 0.717) is 16.6 Å². The Hall–Kier alpha value is -5.66. The van der Waals surface area contributed by atoms with E-state index in [0.717, 1.165) is 71.5 Å². The number of para-hydroxylation sites is 2. The number of hydrogen-bond donors (Lipinski definition) is 1. The van der Waals surface area contributed by atoms with Gasteiger partial charge in [0.05, 0.1) is 33.5 Å². The maximum atomic E-state index is 13.2. The number of aromatic amines is 1. The molecule has 0 radical (unpaired) electrons. The Morgan fingerprint density at radius 1 is 0.681 bits per heavy atom. The van der Waals surface area contributed by atoms with E-state index in [9.17, 15) is 9.59 Å². The van der Waals surface area contributed by atoms with Gasteiger partial charge in [0.1, 0.15) is 0 Å². The van der Waals surface area contributed by atoms with E-state index in [4.69, 9.17) is 9.97 Å². The van der Waals surface area contributed by atoms with Gasteiger partial charge in [-0.05, 0) is 48.7 Å². The summed E-state index contributed by atoms with van der Waals surface area (Å²) in [7, 11) is 0. The van der Waals surface area contributed by atoms with Gasteiger partial charge >= 0.3 is 5.69 Å². The molecule has 8 rings (SSSR count). The predicted octanol–water partition coefficient (Wildman–Crippen LogP) is 7.67. The monoisotopic (exact) mass is 615 g/mol. The van der Waals surface area contributed by atoms with Crippen molar-refractivity contribution in [2.45, 2.75) is 25.4 Å². The number of rotatable bonds is 7. The molecule has 7 aromatic rings. The SMILES string of the molecule is O=C(c1ccccc1)c1ccc2nc(-c3ccc(CN4CCC(n5c(=O)[nH]c6ccccc65)CC4)cc3)c(-c3ccccc3)nc2c1. The van der Waals surface area contributed by atoms with Crippen LogP contribution in [0.15, 0.2) is 132 Å². The van der Waals surface area contributed by atoms with Crippen LogP contribution in [0.25, 0.3) is 44.6 Å². The van der Waals surface area contributed by atoms with Gasteiger partial charge in [-0.3, -0.25) is 14.3 Å². The molecular weight excluding hydrogens is 582 g/mol. The largest absolute Gasteiger partial charge is 0.326 e. The van der Waals surface area contributed by atoms with Crippen LogP contribution in [0, 0.1) is 0 Å². The second kappa shape index (κ2) is 12.3. The molecule has 1 N–H and O–H groups in total. The zero-order chi connectivity index (χ0) is 31.7. The van der Waals surface area contributed by atoms with Crippen LogP contribution in [0.2, 0.25) is 0 Å². The quantitative estimate of drug-likeness (QED) is 0.186. The predicted molar refractivity (Wildman–Crippen MR) is 186 cm³/mol. The van der Waals surface area contributed by atoms with Crippen molar-refractivity contribution in [3.8, 4) is 22.5 Å². The number of likely N-dealkylation sites (tertiary alicyclic amines) is 1. The Morgan fingerprint density at radius 2 is 1.32 bits per heavy atom. The van der Waals surface area contributed by atoms with Gasteiger partial charge < -0.3 is 4.98 Å². The lowest BCUT2D eigenvalue weighted by molar-refractivity contribution is 0.103. The molecule has 0 spiro atoms. The highest BCUT2D eigenvalue weighted by Crippen LogP contribution is 2.32. The molecule has 3 heterocycles. The number of H-pyrrole nitrogens is 1. The molecular formula is C40H33N5O2. The summed E-state index contributed by atoms with van der Waals surface area (Å²) in [6.45, 7) is 2.71. The second-order valence-corrected chi connectivity index (χ2v) is 12.2. The van der Waals surface area contributed by atoms with Gasteiger partial charge in [0.2, 0.25) is 0 Å². The summed E-state index contributed by atoms with van der Waals surface area (Å²) in [6.07, 6.45) is 1.87. The first-order valence-corrected chi connectivity index (χ1v) is 16.1. The van der Waals surface area contributed by atoms with Crippen molar-refractivity contribution in [1.82, 2.24) is 24.4 Å². The smallest absolute Gasteiger partial charge is 0.306 e. The minimum absolute atomic E-state index is 0.0204. The van der Waals surface area contributed by atoms with Gasteiger partial charge in [-0.1, -0.05) is 97.1 Å². The third-order valence-electron chi connectivity index (χ3n) is 9.19. The minimum Gasteiger partial charge on any atom is -0.306 e. The molecule has 5 aromatic carbocycles. The number of fused-ring (bicyclic) bond motifs is 2. The lowest BCUT2D eigenvalue weighted by Gasteiger charge is -2.32. The maximum absolute atomic E-state index is 13.2. The van der Waals surface area contributed by atoms with E-state index in [2.05, 4.69) is 34.1 Å². The molecule has 0 bridgehead atoms. The molecule has 230 valence electrons. The molecule has 0 saturated carbocycles. The number of ketones is 1. The molecule has 0 unspecified atom stereocenters. The van der Waals surface area contributed by atoms with E-state index in [1.165, 1.54) is 5.56 Å². The lowest BCUT2D eigenvalue weighted by Crippen LogP contribution is -2.36. The van der Waals surface area contributed by atoms with Gasteiger partial charge in [0, 0.05) is 47.9 Å². The molecule has 7 nitrogen and oxygen atoms in total. The number of piperidine rings is 1. The summed E-state index contributed by atoms with van der Waals surface area (Å²) in [4.78, 5) is 41.5. The summed E-state index contributed by atoms with van der Waals surface area (Å²) >= 11 is 0. The first-order valence-electron chi connectivity index (χ1n) is 16.1. The maximum Gasteiger partial charge on any atom is 0.326 e. The van der Waals surface area contributed by atoms with Gasteiger partial charge in [0.25, 0.3) is 0 Å². The zero-order valence-electron chi connectivity index (χ0n) is 25.8. The first kappa shape index (κ1) is 28.8. The number of hydrogen-bond acceptors (Lipinski definition) is 5. The van der Waals surface area contributed by atoms with E-state index in [-0.39, 0.29) is 17.5 Å². The number of carbonyl (C=O) groups excluding carboxylic acids is 1. The third kappa shape index (κ3) is 5.66. The Balaban J connectivity index is 1.03. The molecule has 1 aliphatic heterocycles. The van der Waals surface area contributed by atoms with Crippen molar-refractivity contribution < 1.29 is 4.79 Å². The van der Waals surface area contributed by atoms with Crippen LogP contribution in [-0.4, -0.2) is 43.3 Å². The highest BCUT2D eigenvalue weighted by molar-refractivity contribution is 6.10. The number of nitrogens with one attached hydrogen (secondary N) is 1. The number of nitrogens with zero attached hydrogens (tertiary/aromatic N) is 4. The summed E-state index contributed by atoms with van der Waals surface area (Å²) < 4.78 is 1.94. The van der Waals surface area contributed by atoms with E-state index in [1.807, 2.05) is 108 Å². The molecule has 2 aromatic heterocycles. The van der Waals surface area contributed by atoms with Crippen LogP contribution < -0.4 is 5.69 Å². The number of benzene rings is 5. The number of imidazole rings is 1. The minimum atomic E-state index is -0.0358. The zero-order valence-corrected chi connectivity index (χ0v) is 25.8. The fourth-order valence-corrected chi connectivity index (χ4v) is 6.75. The first-order chi connectivity index (χ1) is 23.1. The Morgan fingerprint density at radius 3 is 2.06 bits per heavy atom. The Labute approximate surface area is 272 Å². The standard InChI is InChI=1S/C40H33N5O2/c46-39(30-11-5-2-6-12-30)31-19-20-33-35(25-31)42-37(28-9-3-1-4-10-28)38(41-33)29-17-15-27(16-18-29)26-44-23-21-32(22-24-44)45-36-14-8-7-13-34(36)43-40(45)47/h1-20,25,32H,21-24,26H2,(H,43,47).